The topological polar surface area (TPSA) is 43.4 Å². The van der Waals surface area contributed by atoms with Crippen molar-refractivity contribution in [2.75, 3.05) is 7.11 Å². The SMILES string of the molecule is COc1ccc(CSC(C)(C)C(C(=O)Cl)C(=O)Cl)cc1. The van der Waals surface area contributed by atoms with Gasteiger partial charge in [0.1, 0.15) is 11.7 Å². The Morgan fingerprint density at radius 1 is 1.20 bits per heavy atom. The van der Waals surface area contributed by atoms with Crippen LogP contribution in [0.1, 0.15) is 19.4 Å². The minimum absolute atomic E-state index is 0.641. The largest absolute Gasteiger partial charge is 0.497 e. The molecule has 1 rings (SSSR count). The third-order valence-electron chi connectivity index (χ3n) is 2.92. The van der Waals surface area contributed by atoms with Crippen molar-refractivity contribution in [3.8, 4) is 5.75 Å². The summed E-state index contributed by atoms with van der Waals surface area (Å²) in [5.74, 6) is 0.402. The van der Waals surface area contributed by atoms with Gasteiger partial charge < -0.3 is 4.74 Å². The zero-order valence-corrected chi connectivity index (χ0v) is 13.8. The molecule has 0 spiro atoms. The Hall–Kier alpha value is -0.710. The number of thioether (sulfide) groups is 1. The van der Waals surface area contributed by atoms with Crippen molar-refractivity contribution < 1.29 is 14.3 Å². The lowest BCUT2D eigenvalue weighted by Gasteiger charge is -2.28. The second-order valence-electron chi connectivity index (χ2n) is 4.78. The monoisotopic (exact) mass is 334 g/mol. The molecule has 3 nitrogen and oxygen atoms in total. The van der Waals surface area contributed by atoms with Crippen molar-refractivity contribution in [3.63, 3.8) is 0 Å². The molecule has 0 aromatic heterocycles. The van der Waals surface area contributed by atoms with Crippen molar-refractivity contribution in [1.82, 2.24) is 0 Å². The Morgan fingerprint density at radius 2 is 1.70 bits per heavy atom. The first kappa shape index (κ1) is 17.3. The second kappa shape index (κ2) is 7.34. The molecular weight excluding hydrogens is 319 g/mol. The fraction of sp³-hybridized carbons (Fsp3) is 0.429. The van der Waals surface area contributed by atoms with Gasteiger partial charge in [-0.05, 0) is 54.7 Å². The predicted octanol–water partition coefficient (Wildman–Crippen LogP) is 3.85. The van der Waals surface area contributed by atoms with Crippen LogP contribution >= 0.6 is 35.0 Å². The van der Waals surface area contributed by atoms with Gasteiger partial charge in [0, 0.05) is 10.5 Å². The standard InChI is InChI=1S/C14H16Cl2O3S/c1-14(2,11(12(15)17)13(16)18)20-8-9-4-6-10(19-3)7-5-9/h4-7,11H,8H2,1-3H3. The van der Waals surface area contributed by atoms with Crippen LogP contribution in [0.2, 0.25) is 0 Å². The van der Waals surface area contributed by atoms with Crippen LogP contribution in [0.15, 0.2) is 24.3 Å². The highest BCUT2D eigenvalue weighted by Crippen LogP contribution is 2.37. The number of hydrogen-bond acceptors (Lipinski definition) is 4. The predicted molar refractivity (Wildman–Crippen MR) is 83.6 cm³/mol. The molecule has 0 amide bonds. The number of ether oxygens (including phenoxy) is 1. The second-order valence-corrected chi connectivity index (χ2v) is 7.16. The molecular formula is C14H16Cl2O3S. The molecule has 0 aliphatic rings. The highest BCUT2D eigenvalue weighted by atomic mass is 35.5. The van der Waals surface area contributed by atoms with Gasteiger partial charge in [-0.25, -0.2) is 0 Å². The van der Waals surface area contributed by atoms with E-state index in [1.807, 2.05) is 24.3 Å². The van der Waals surface area contributed by atoms with Gasteiger partial charge in [0.15, 0.2) is 0 Å². The van der Waals surface area contributed by atoms with Gasteiger partial charge in [-0.15, -0.1) is 11.8 Å². The molecule has 1 aromatic rings. The summed E-state index contributed by atoms with van der Waals surface area (Å²) in [6.45, 7) is 3.57. The zero-order chi connectivity index (χ0) is 15.3. The number of carbonyl (C=O) groups is 2. The summed E-state index contributed by atoms with van der Waals surface area (Å²) in [4.78, 5) is 22.7. The van der Waals surface area contributed by atoms with Gasteiger partial charge >= 0.3 is 0 Å². The van der Waals surface area contributed by atoms with Crippen LogP contribution in [0.4, 0.5) is 0 Å². The summed E-state index contributed by atoms with van der Waals surface area (Å²) in [7, 11) is 1.61. The van der Waals surface area contributed by atoms with E-state index in [2.05, 4.69) is 0 Å². The van der Waals surface area contributed by atoms with E-state index in [1.165, 1.54) is 11.8 Å². The van der Waals surface area contributed by atoms with Crippen LogP contribution < -0.4 is 4.74 Å². The van der Waals surface area contributed by atoms with Gasteiger partial charge in [-0.3, -0.25) is 9.59 Å². The Labute approximate surface area is 133 Å². The lowest BCUT2D eigenvalue weighted by atomic mass is 9.98. The van der Waals surface area contributed by atoms with Crippen LogP contribution in [0.3, 0.4) is 0 Å². The molecule has 0 radical (unpaired) electrons. The van der Waals surface area contributed by atoms with E-state index >= 15 is 0 Å². The molecule has 20 heavy (non-hydrogen) atoms. The Bertz CT molecular complexity index is 472. The minimum atomic E-state index is -1.02. The summed E-state index contributed by atoms with van der Waals surface area (Å²) in [6.07, 6.45) is 0. The molecule has 110 valence electrons. The van der Waals surface area contributed by atoms with E-state index in [0.717, 1.165) is 11.3 Å². The number of halogens is 2. The number of benzene rings is 1. The van der Waals surface area contributed by atoms with Crippen molar-refractivity contribution in [3.05, 3.63) is 29.8 Å². The molecule has 6 heteroatoms. The molecule has 0 atom stereocenters. The highest BCUT2D eigenvalue weighted by Gasteiger charge is 2.39. The maximum atomic E-state index is 11.4. The normalized spacial score (nSPS) is 11.5. The summed E-state index contributed by atoms with van der Waals surface area (Å²) in [5.41, 5.74) is 1.06. The smallest absolute Gasteiger partial charge is 0.234 e. The molecule has 0 saturated carbocycles. The summed E-state index contributed by atoms with van der Waals surface area (Å²) in [5, 5.41) is -1.45. The van der Waals surface area contributed by atoms with Crippen molar-refractivity contribution >= 4 is 45.4 Å². The van der Waals surface area contributed by atoms with Gasteiger partial charge in [0.2, 0.25) is 10.5 Å². The van der Waals surface area contributed by atoms with Crippen LogP contribution in [0.25, 0.3) is 0 Å². The lowest BCUT2D eigenvalue weighted by Crippen LogP contribution is -2.36. The molecule has 0 saturated heterocycles. The van der Waals surface area contributed by atoms with E-state index in [1.54, 1.807) is 21.0 Å². The van der Waals surface area contributed by atoms with E-state index in [4.69, 9.17) is 27.9 Å². The lowest BCUT2D eigenvalue weighted by molar-refractivity contribution is -0.124. The molecule has 0 fully saturated rings. The van der Waals surface area contributed by atoms with Crippen molar-refractivity contribution in [2.45, 2.75) is 24.3 Å². The third-order valence-corrected chi connectivity index (χ3v) is 4.81. The maximum absolute atomic E-state index is 11.4. The molecule has 0 bridgehead atoms. The Morgan fingerprint density at radius 3 is 2.10 bits per heavy atom. The fourth-order valence-corrected chi connectivity index (χ4v) is 3.75. The molecule has 0 aliphatic heterocycles. The van der Waals surface area contributed by atoms with Gasteiger partial charge in [0.25, 0.3) is 0 Å². The third kappa shape index (κ3) is 4.69. The first-order valence-electron chi connectivity index (χ1n) is 5.93. The maximum Gasteiger partial charge on any atom is 0.234 e. The van der Waals surface area contributed by atoms with Gasteiger partial charge in [-0.2, -0.15) is 0 Å². The molecule has 0 N–H and O–H groups in total. The first-order chi connectivity index (χ1) is 9.27. The number of rotatable bonds is 7. The van der Waals surface area contributed by atoms with Crippen LogP contribution in [-0.4, -0.2) is 22.3 Å². The Balaban J connectivity index is 2.74. The number of carbonyl (C=O) groups excluding carboxylic acids is 2. The van der Waals surface area contributed by atoms with Crippen LogP contribution in [-0.2, 0) is 15.3 Å². The van der Waals surface area contributed by atoms with Crippen LogP contribution in [0.5, 0.6) is 5.75 Å². The van der Waals surface area contributed by atoms with Crippen LogP contribution in [0, 0.1) is 5.92 Å². The Kier molecular flexibility index (Phi) is 6.37. The zero-order valence-electron chi connectivity index (χ0n) is 11.5. The average Bonchev–Trinajstić information content (AvgIpc) is 2.35. The van der Waals surface area contributed by atoms with Crippen molar-refractivity contribution in [2.24, 2.45) is 5.92 Å². The van der Waals surface area contributed by atoms with Crippen molar-refractivity contribution in [1.29, 1.82) is 0 Å². The van der Waals surface area contributed by atoms with E-state index < -0.39 is 21.1 Å². The van der Waals surface area contributed by atoms with E-state index in [9.17, 15) is 9.59 Å². The quantitative estimate of drug-likeness (QED) is 0.561. The summed E-state index contributed by atoms with van der Waals surface area (Å²) < 4.78 is 4.42. The number of methoxy groups -OCH3 is 1. The molecule has 0 aliphatic carbocycles. The van der Waals surface area contributed by atoms with E-state index in [-0.39, 0.29) is 0 Å². The van der Waals surface area contributed by atoms with Gasteiger partial charge in [0.05, 0.1) is 7.11 Å². The summed E-state index contributed by atoms with van der Waals surface area (Å²) in [6, 6.07) is 7.59. The molecule has 0 heterocycles. The average molecular weight is 335 g/mol. The summed E-state index contributed by atoms with van der Waals surface area (Å²) >= 11 is 12.4. The van der Waals surface area contributed by atoms with E-state index in [0.29, 0.717) is 5.75 Å². The number of hydrogen-bond donors (Lipinski definition) is 0. The minimum Gasteiger partial charge on any atom is -0.497 e. The van der Waals surface area contributed by atoms with Gasteiger partial charge in [-0.1, -0.05) is 12.1 Å². The highest BCUT2D eigenvalue weighted by molar-refractivity contribution is 7.99. The fourth-order valence-electron chi connectivity index (χ4n) is 1.71. The molecule has 0 unspecified atom stereocenters. The first-order valence-corrected chi connectivity index (χ1v) is 7.67. The molecule has 1 aromatic carbocycles.